The maximum atomic E-state index is 11.4. The van der Waals surface area contributed by atoms with E-state index in [9.17, 15) is 4.79 Å². The molecule has 1 atom stereocenters. The number of carbonyl (C=O) groups excluding carboxylic acids is 1. The highest BCUT2D eigenvalue weighted by atomic mass is 79.9. The second-order valence-corrected chi connectivity index (χ2v) is 7.04. The van der Waals surface area contributed by atoms with Crippen molar-refractivity contribution < 1.29 is 14.3 Å². The first kappa shape index (κ1) is 16.6. The van der Waals surface area contributed by atoms with Crippen LogP contribution in [-0.4, -0.2) is 43.2 Å². The molecule has 0 radical (unpaired) electrons. The van der Waals surface area contributed by atoms with Crippen LogP contribution in [0.15, 0.2) is 16.6 Å². The Morgan fingerprint density at radius 2 is 1.87 bits per heavy atom. The van der Waals surface area contributed by atoms with Crippen LogP contribution in [0.1, 0.15) is 38.3 Å². The van der Waals surface area contributed by atoms with Gasteiger partial charge in [-0.1, -0.05) is 15.9 Å². The molecule has 2 aliphatic heterocycles. The molecule has 0 spiro atoms. The Kier molecular flexibility index (Phi) is 5.11. The minimum Gasteiger partial charge on any atom is -0.486 e. The van der Waals surface area contributed by atoms with Gasteiger partial charge in [-0.15, -0.1) is 0 Å². The molecule has 1 aromatic rings. The van der Waals surface area contributed by atoms with Crippen molar-refractivity contribution in [2.45, 2.75) is 38.8 Å². The quantitative estimate of drug-likeness (QED) is 0.872. The predicted octanol–water partition coefficient (Wildman–Crippen LogP) is 2.88. The van der Waals surface area contributed by atoms with Gasteiger partial charge in [0.15, 0.2) is 11.5 Å². The summed E-state index contributed by atoms with van der Waals surface area (Å²) in [6.07, 6.45) is 1.98. The SMILES string of the molecule is CC(=O)N1CCC(N[C@H](C)c2cc3c(cc2Br)OCCO3)CC1. The average molecular weight is 383 g/mol. The van der Waals surface area contributed by atoms with E-state index in [0.717, 1.165) is 41.9 Å². The molecule has 0 saturated carbocycles. The number of fused-ring (bicyclic) bond motifs is 1. The second-order valence-electron chi connectivity index (χ2n) is 6.19. The Balaban J connectivity index is 1.64. The smallest absolute Gasteiger partial charge is 0.219 e. The molecular weight excluding hydrogens is 360 g/mol. The number of piperidine rings is 1. The van der Waals surface area contributed by atoms with E-state index in [2.05, 4.69) is 34.2 Å². The number of amides is 1. The van der Waals surface area contributed by atoms with Crippen LogP contribution >= 0.6 is 15.9 Å². The Morgan fingerprint density at radius 1 is 1.26 bits per heavy atom. The first-order valence-electron chi connectivity index (χ1n) is 8.15. The Labute approximate surface area is 145 Å². The van der Waals surface area contributed by atoms with Gasteiger partial charge < -0.3 is 19.7 Å². The minimum absolute atomic E-state index is 0.172. The fourth-order valence-electron chi connectivity index (χ4n) is 3.22. The molecule has 1 amide bonds. The molecule has 2 heterocycles. The highest BCUT2D eigenvalue weighted by molar-refractivity contribution is 9.10. The standard InChI is InChI=1S/C17H23BrN2O3/c1-11(19-13-3-5-20(6-4-13)12(2)21)14-9-16-17(10-15(14)18)23-8-7-22-16/h9-11,13,19H,3-8H2,1-2H3/t11-/m1/s1. The number of hydrogen-bond acceptors (Lipinski definition) is 4. The molecule has 0 bridgehead atoms. The molecule has 23 heavy (non-hydrogen) atoms. The number of nitrogens with zero attached hydrogens (tertiary/aromatic N) is 1. The molecule has 3 rings (SSSR count). The van der Waals surface area contributed by atoms with Gasteiger partial charge in [0.1, 0.15) is 13.2 Å². The van der Waals surface area contributed by atoms with Gasteiger partial charge >= 0.3 is 0 Å². The van der Waals surface area contributed by atoms with Gasteiger partial charge in [-0.25, -0.2) is 0 Å². The Morgan fingerprint density at radius 3 is 2.48 bits per heavy atom. The maximum Gasteiger partial charge on any atom is 0.219 e. The lowest BCUT2D eigenvalue weighted by atomic mass is 10.0. The van der Waals surface area contributed by atoms with E-state index in [4.69, 9.17) is 9.47 Å². The van der Waals surface area contributed by atoms with E-state index in [1.165, 1.54) is 5.56 Å². The maximum absolute atomic E-state index is 11.4. The normalized spacial score (nSPS) is 19.5. The summed E-state index contributed by atoms with van der Waals surface area (Å²) in [5, 5.41) is 3.68. The van der Waals surface area contributed by atoms with Gasteiger partial charge in [-0.3, -0.25) is 4.79 Å². The van der Waals surface area contributed by atoms with Crippen LogP contribution in [-0.2, 0) is 4.79 Å². The zero-order chi connectivity index (χ0) is 16.4. The lowest BCUT2D eigenvalue weighted by Crippen LogP contribution is -2.44. The molecule has 1 fully saturated rings. The minimum atomic E-state index is 0.172. The number of halogens is 1. The largest absolute Gasteiger partial charge is 0.486 e. The van der Waals surface area contributed by atoms with Crippen LogP contribution in [0.3, 0.4) is 0 Å². The van der Waals surface area contributed by atoms with Crippen molar-refractivity contribution in [2.75, 3.05) is 26.3 Å². The van der Waals surface area contributed by atoms with Crippen LogP contribution in [0.2, 0.25) is 0 Å². The van der Waals surface area contributed by atoms with Gasteiger partial charge in [0.2, 0.25) is 5.91 Å². The van der Waals surface area contributed by atoms with Crippen molar-refractivity contribution in [1.29, 1.82) is 0 Å². The summed E-state index contributed by atoms with van der Waals surface area (Å²) < 4.78 is 12.3. The lowest BCUT2D eigenvalue weighted by molar-refractivity contribution is -0.129. The van der Waals surface area contributed by atoms with Gasteiger partial charge in [0.25, 0.3) is 0 Å². The fraction of sp³-hybridized carbons (Fsp3) is 0.588. The fourth-order valence-corrected chi connectivity index (χ4v) is 3.88. The molecule has 1 aromatic carbocycles. The molecule has 0 aliphatic carbocycles. The van der Waals surface area contributed by atoms with E-state index < -0.39 is 0 Å². The van der Waals surface area contributed by atoms with Crippen molar-refractivity contribution in [1.82, 2.24) is 10.2 Å². The van der Waals surface area contributed by atoms with E-state index >= 15 is 0 Å². The molecule has 1 saturated heterocycles. The first-order valence-corrected chi connectivity index (χ1v) is 8.94. The second kappa shape index (κ2) is 7.09. The molecular formula is C17H23BrN2O3. The van der Waals surface area contributed by atoms with Gasteiger partial charge in [0, 0.05) is 36.6 Å². The lowest BCUT2D eigenvalue weighted by Gasteiger charge is -2.33. The monoisotopic (exact) mass is 382 g/mol. The van der Waals surface area contributed by atoms with Crippen molar-refractivity contribution in [3.05, 3.63) is 22.2 Å². The number of carbonyl (C=O) groups is 1. The van der Waals surface area contributed by atoms with Crippen molar-refractivity contribution >= 4 is 21.8 Å². The molecule has 2 aliphatic rings. The molecule has 5 nitrogen and oxygen atoms in total. The molecule has 6 heteroatoms. The van der Waals surface area contributed by atoms with Crippen molar-refractivity contribution in [2.24, 2.45) is 0 Å². The van der Waals surface area contributed by atoms with Gasteiger partial charge in [0.05, 0.1) is 0 Å². The summed E-state index contributed by atoms with van der Waals surface area (Å²) in [5.74, 6) is 1.79. The summed E-state index contributed by atoms with van der Waals surface area (Å²) in [5.41, 5.74) is 1.17. The third kappa shape index (κ3) is 3.80. The van der Waals surface area contributed by atoms with E-state index in [-0.39, 0.29) is 11.9 Å². The molecule has 126 valence electrons. The first-order chi connectivity index (χ1) is 11.0. The Hall–Kier alpha value is -1.27. The highest BCUT2D eigenvalue weighted by Gasteiger charge is 2.24. The summed E-state index contributed by atoms with van der Waals surface area (Å²) in [7, 11) is 0. The zero-order valence-electron chi connectivity index (χ0n) is 13.6. The summed E-state index contributed by atoms with van der Waals surface area (Å²) in [6, 6.07) is 4.68. The number of rotatable bonds is 3. The predicted molar refractivity (Wildman–Crippen MR) is 92.0 cm³/mol. The Bertz CT molecular complexity index is 585. The number of hydrogen-bond donors (Lipinski definition) is 1. The van der Waals surface area contributed by atoms with Gasteiger partial charge in [-0.05, 0) is 37.5 Å². The third-order valence-corrected chi connectivity index (χ3v) is 5.24. The average Bonchev–Trinajstić information content (AvgIpc) is 2.54. The molecule has 1 N–H and O–H groups in total. The summed E-state index contributed by atoms with van der Waals surface area (Å²) in [6.45, 7) is 6.67. The summed E-state index contributed by atoms with van der Waals surface area (Å²) in [4.78, 5) is 13.3. The van der Waals surface area contributed by atoms with E-state index in [1.807, 2.05) is 11.0 Å². The molecule has 0 unspecified atom stereocenters. The van der Waals surface area contributed by atoms with Crippen LogP contribution in [0.5, 0.6) is 11.5 Å². The molecule has 0 aromatic heterocycles. The number of benzene rings is 1. The van der Waals surface area contributed by atoms with Crippen LogP contribution < -0.4 is 14.8 Å². The number of likely N-dealkylation sites (tertiary alicyclic amines) is 1. The van der Waals surface area contributed by atoms with Gasteiger partial charge in [-0.2, -0.15) is 0 Å². The van der Waals surface area contributed by atoms with Crippen LogP contribution in [0.4, 0.5) is 0 Å². The van der Waals surface area contributed by atoms with Crippen LogP contribution in [0.25, 0.3) is 0 Å². The third-order valence-electron chi connectivity index (χ3n) is 4.55. The topological polar surface area (TPSA) is 50.8 Å². The van der Waals surface area contributed by atoms with E-state index in [0.29, 0.717) is 19.3 Å². The summed E-state index contributed by atoms with van der Waals surface area (Å²) >= 11 is 3.64. The highest BCUT2D eigenvalue weighted by Crippen LogP contribution is 2.38. The zero-order valence-corrected chi connectivity index (χ0v) is 15.2. The van der Waals surface area contributed by atoms with Crippen molar-refractivity contribution in [3.8, 4) is 11.5 Å². The van der Waals surface area contributed by atoms with Crippen LogP contribution in [0, 0.1) is 0 Å². The number of ether oxygens (including phenoxy) is 2. The number of nitrogens with one attached hydrogen (secondary N) is 1. The van der Waals surface area contributed by atoms with E-state index in [1.54, 1.807) is 6.92 Å². The van der Waals surface area contributed by atoms with Crippen molar-refractivity contribution in [3.63, 3.8) is 0 Å².